The predicted octanol–water partition coefficient (Wildman–Crippen LogP) is 1.36. The second-order valence-corrected chi connectivity index (χ2v) is 3.52. The van der Waals surface area contributed by atoms with E-state index in [0.717, 1.165) is 17.0 Å². The van der Waals surface area contributed by atoms with Gasteiger partial charge in [0.15, 0.2) is 0 Å². The third kappa shape index (κ3) is 3.27. The van der Waals surface area contributed by atoms with Gasteiger partial charge in [0.2, 0.25) is 0 Å². The van der Waals surface area contributed by atoms with E-state index < -0.39 is 0 Å². The maximum absolute atomic E-state index is 6.02. The first-order chi connectivity index (χ1) is 6.77. The van der Waals surface area contributed by atoms with Gasteiger partial charge in [-0.25, -0.2) is 0 Å². The van der Waals surface area contributed by atoms with Gasteiger partial charge in [-0.05, 0) is 18.1 Å². The van der Waals surface area contributed by atoms with Crippen LogP contribution in [0.4, 0.5) is 0 Å². The van der Waals surface area contributed by atoms with Gasteiger partial charge in [0.25, 0.3) is 0 Å². The zero-order valence-corrected chi connectivity index (χ0v) is 8.92. The fourth-order valence-electron chi connectivity index (χ4n) is 1.30. The summed E-state index contributed by atoms with van der Waals surface area (Å²) in [7, 11) is 1.65. The van der Waals surface area contributed by atoms with Crippen molar-refractivity contribution in [3.8, 4) is 0 Å². The van der Waals surface area contributed by atoms with E-state index >= 15 is 0 Å². The lowest BCUT2D eigenvalue weighted by Gasteiger charge is -2.15. The number of benzene rings is 1. The number of methoxy groups -OCH3 is 1. The van der Waals surface area contributed by atoms with Crippen molar-refractivity contribution in [3.05, 3.63) is 34.9 Å². The summed E-state index contributed by atoms with van der Waals surface area (Å²) in [5, 5.41) is 0.767. The van der Waals surface area contributed by atoms with E-state index in [1.165, 1.54) is 0 Å². The SMILES string of the molecule is COCC(Cc1ccccc1Cl)NN. The highest BCUT2D eigenvalue weighted by Gasteiger charge is 2.08. The lowest BCUT2D eigenvalue weighted by Crippen LogP contribution is -2.40. The largest absolute Gasteiger partial charge is 0.383 e. The molecule has 0 heterocycles. The van der Waals surface area contributed by atoms with E-state index in [4.69, 9.17) is 22.2 Å². The molecule has 1 unspecified atom stereocenters. The maximum atomic E-state index is 6.02. The molecular formula is C10H15ClN2O. The van der Waals surface area contributed by atoms with Crippen molar-refractivity contribution >= 4 is 11.6 Å². The highest BCUT2D eigenvalue weighted by molar-refractivity contribution is 6.31. The van der Waals surface area contributed by atoms with E-state index in [1.807, 2.05) is 24.3 Å². The number of hydrazine groups is 1. The van der Waals surface area contributed by atoms with E-state index in [-0.39, 0.29) is 6.04 Å². The Bertz CT molecular complexity index is 281. The number of halogens is 1. The van der Waals surface area contributed by atoms with Crippen LogP contribution in [-0.2, 0) is 11.2 Å². The van der Waals surface area contributed by atoms with Crippen molar-refractivity contribution < 1.29 is 4.74 Å². The van der Waals surface area contributed by atoms with Gasteiger partial charge in [0, 0.05) is 18.2 Å². The summed E-state index contributed by atoms with van der Waals surface area (Å²) >= 11 is 6.02. The quantitative estimate of drug-likeness (QED) is 0.575. The summed E-state index contributed by atoms with van der Waals surface area (Å²) in [6.07, 6.45) is 0.768. The maximum Gasteiger partial charge on any atom is 0.0632 e. The van der Waals surface area contributed by atoms with E-state index in [1.54, 1.807) is 7.11 Å². The molecule has 0 saturated carbocycles. The van der Waals surface area contributed by atoms with Crippen molar-refractivity contribution in [3.63, 3.8) is 0 Å². The molecule has 0 aliphatic rings. The number of hydrogen-bond donors (Lipinski definition) is 2. The Morgan fingerprint density at radius 1 is 1.50 bits per heavy atom. The second-order valence-electron chi connectivity index (χ2n) is 3.11. The Balaban J connectivity index is 2.62. The van der Waals surface area contributed by atoms with Crippen molar-refractivity contribution in [1.29, 1.82) is 0 Å². The molecule has 1 aromatic carbocycles. The van der Waals surface area contributed by atoms with Gasteiger partial charge in [0.1, 0.15) is 0 Å². The van der Waals surface area contributed by atoms with Crippen molar-refractivity contribution in [2.24, 2.45) is 5.84 Å². The van der Waals surface area contributed by atoms with Crippen LogP contribution in [0, 0.1) is 0 Å². The van der Waals surface area contributed by atoms with Crippen LogP contribution in [0.2, 0.25) is 5.02 Å². The van der Waals surface area contributed by atoms with Crippen LogP contribution in [0.15, 0.2) is 24.3 Å². The minimum atomic E-state index is 0.0971. The minimum absolute atomic E-state index is 0.0971. The van der Waals surface area contributed by atoms with Crippen LogP contribution in [0.25, 0.3) is 0 Å². The lowest BCUT2D eigenvalue weighted by molar-refractivity contribution is 0.166. The normalized spacial score (nSPS) is 12.8. The Hall–Kier alpha value is -0.610. The van der Waals surface area contributed by atoms with Gasteiger partial charge in [-0.1, -0.05) is 29.8 Å². The molecule has 0 radical (unpaired) electrons. The van der Waals surface area contributed by atoms with Crippen LogP contribution in [0.3, 0.4) is 0 Å². The van der Waals surface area contributed by atoms with Crippen molar-refractivity contribution in [2.75, 3.05) is 13.7 Å². The van der Waals surface area contributed by atoms with E-state index in [0.29, 0.717) is 6.61 Å². The topological polar surface area (TPSA) is 47.3 Å². The van der Waals surface area contributed by atoms with Gasteiger partial charge in [-0.2, -0.15) is 0 Å². The zero-order valence-electron chi connectivity index (χ0n) is 8.16. The monoisotopic (exact) mass is 214 g/mol. The summed E-state index contributed by atoms with van der Waals surface area (Å²) in [5.41, 5.74) is 3.77. The first-order valence-electron chi connectivity index (χ1n) is 4.46. The van der Waals surface area contributed by atoms with Crippen LogP contribution < -0.4 is 11.3 Å². The minimum Gasteiger partial charge on any atom is -0.383 e. The first-order valence-corrected chi connectivity index (χ1v) is 4.84. The molecule has 14 heavy (non-hydrogen) atoms. The average Bonchev–Trinajstić information content (AvgIpc) is 2.20. The van der Waals surface area contributed by atoms with Crippen LogP contribution in [0.1, 0.15) is 5.56 Å². The lowest BCUT2D eigenvalue weighted by atomic mass is 10.1. The zero-order chi connectivity index (χ0) is 10.4. The fraction of sp³-hybridized carbons (Fsp3) is 0.400. The molecule has 0 bridgehead atoms. The van der Waals surface area contributed by atoms with E-state index in [2.05, 4.69) is 5.43 Å². The van der Waals surface area contributed by atoms with Gasteiger partial charge < -0.3 is 4.74 Å². The van der Waals surface area contributed by atoms with Gasteiger partial charge in [0.05, 0.1) is 6.61 Å². The molecule has 0 spiro atoms. The molecular weight excluding hydrogens is 200 g/mol. The molecule has 0 aliphatic heterocycles. The average molecular weight is 215 g/mol. The van der Waals surface area contributed by atoms with Crippen LogP contribution in [0.5, 0.6) is 0 Å². The molecule has 0 amide bonds. The number of ether oxygens (including phenoxy) is 1. The molecule has 3 nitrogen and oxygen atoms in total. The summed E-state index contributed by atoms with van der Waals surface area (Å²) in [6.45, 7) is 0.571. The molecule has 3 N–H and O–H groups in total. The smallest absolute Gasteiger partial charge is 0.0632 e. The van der Waals surface area contributed by atoms with Gasteiger partial charge in [-0.15, -0.1) is 0 Å². The number of nitrogens with one attached hydrogen (secondary N) is 1. The molecule has 1 atom stereocenters. The summed E-state index contributed by atoms with van der Waals surface area (Å²) < 4.78 is 5.02. The fourth-order valence-corrected chi connectivity index (χ4v) is 1.51. The van der Waals surface area contributed by atoms with Gasteiger partial charge >= 0.3 is 0 Å². The van der Waals surface area contributed by atoms with Crippen molar-refractivity contribution in [2.45, 2.75) is 12.5 Å². The van der Waals surface area contributed by atoms with Crippen LogP contribution in [-0.4, -0.2) is 19.8 Å². The summed E-state index contributed by atoms with van der Waals surface area (Å²) in [5.74, 6) is 5.38. The molecule has 0 saturated heterocycles. The number of rotatable bonds is 5. The second kappa shape index (κ2) is 5.98. The molecule has 0 aliphatic carbocycles. The highest BCUT2D eigenvalue weighted by Crippen LogP contribution is 2.16. The van der Waals surface area contributed by atoms with Gasteiger partial charge in [-0.3, -0.25) is 11.3 Å². The molecule has 0 fully saturated rings. The predicted molar refractivity (Wildman–Crippen MR) is 58.1 cm³/mol. The standard InChI is InChI=1S/C10H15ClN2O/c1-14-7-9(13-12)6-8-4-2-3-5-10(8)11/h2-5,9,13H,6-7,12H2,1H3. The molecule has 78 valence electrons. The molecule has 4 heteroatoms. The van der Waals surface area contributed by atoms with E-state index in [9.17, 15) is 0 Å². The third-order valence-corrected chi connectivity index (χ3v) is 2.40. The Labute approximate surface area is 89.2 Å². The molecule has 1 rings (SSSR count). The Morgan fingerprint density at radius 3 is 2.79 bits per heavy atom. The Morgan fingerprint density at radius 2 is 2.21 bits per heavy atom. The summed E-state index contributed by atoms with van der Waals surface area (Å²) in [4.78, 5) is 0. The summed E-state index contributed by atoms with van der Waals surface area (Å²) in [6, 6.07) is 7.83. The first kappa shape index (κ1) is 11.5. The third-order valence-electron chi connectivity index (χ3n) is 2.03. The molecule has 0 aromatic heterocycles. The molecule has 1 aromatic rings. The van der Waals surface area contributed by atoms with Crippen LogP contribution >= 0.6 is 11.6 Å². The number of nitrogens with two attached hydrogens (primary N) is 1. The number of hydrogen-bond acceptors (Lipinski definition) is 3. The Kier molecular flexibility index (Phi) is 4.90. The highest BCUT2D eigenvalue weighted by atomic mass is 35.5. The van der Waals surface area contributed by atoms with Crippen molar-refractivity contribution in [1.82, 2.24) is 5.43 Å².